The number of benzene rings is 10. The van der Waals surface area contributed by atoms with Crippen molar-refractivity contribution in [1.29, 1.82) is 0 Å². The molecule has 0 amide bonds. The molecule has 0 unspecified atom stereocenters. The van der Waals surface area contributed by atoms with Crippen LogP contribution in [0.1, 0.15) is 0 Å². The lowest BCUT2D eigenvalue weighted by molar-refractivity contribution is 1.18. The van der Waals surface area contributed by atoms with Gasteiger partial charge >= 0.3 is 0 Å². The summed E-state index contributed by atoms with van der Waals surface area (Å²) in [5.41, 5.74) is 12.0. The third kappa shape index (κ3) is 6.18. The van der Waals surface area contributed by atoms with Crippen molar-refractivity contribution in [1.82, 2.24) is 9.97 Å². The molecule has 284 valence electrons. The van der Waals surface area contributed by atoms with E-state index in [4.69, 9.17) is 9.97 Å². The number of rotatable bonds is 6. The minimum atomic E-state index is 0.702. The second-order valence-electron chi connectivity index (χ2n) is 15.7. The number of fused-ring (bicyclic) bond motifs is 7. The minimum absolute atomic E-state index is 0.702. The van der Waals surface area contributed by atoms with Crippen molar-refractivity contribution in [3.8, 4) is 67.3 Å². The van der Waals surface area contributed by atoms with E-state index in [1.807, 2.05) is 29.5 Å². The van der Waals surface area contributed by atoms with Gasteiger partial charge < -0.3 is 0 Å². The van der Waals surface area contributed by atoms with Crippen LogP contribution in [0.5, 0.6) is 0 Å². The van der Waals surface area contributed by atoms with Gasteiger partial charge in [-0.15, -0.1) is 11.3 Å². The second kappa shape index (κ2) is 14.5. The molecule has 0 saturated carbocycles. The van der Waals surface area contributed by atoms with Crippen molar-refractivity contribution in [3.05, 3.63) is 218 Å². The lowest BCUT2D eigenvalue weighted by Gasteiger charge is -2.15. The Morgan fingerprint density at radius 3 is 1.64 bits per heavy atom. The van der Waals surface area contributed by atoms with Gasteiger partial charge in [-0.2, -0.15) is 0 Å². The van der Waals surface area contributed by atoms with E-state index in [1.54, 1.807) is 0 Å². The zero-order chi connectivity index (χ0) is 40.3. The van der Waals surface area contributed by atoms with Crippen LogP contribution in [0.3, 0.4) is 0 Å². The summed E-state index contributed by atoms with van der Waals surface area (Å²) in [7, 11) is 0. The third-order valence-corrected chi connectivity index (χ3v) is 13.3. The van der Waals surface area contributed by atoms with Crippen LogP contribution >= 0.6 is 11.3 Å². The first-order valence-electron chi connectivity index (χ1n) is 20.7. The predicted molar refractivity (Wildman–Crippen MR) is 260 cm³/mol. The SMILES string of the molecule is c1ccc(-c2nc(-c3cccc(-c4cccc(-c5c6ccccc6cc6c5ccc5ccccc56)c4)c3)cc(-c3cccc(-c4cccc5c4sc4ccccc45)c3)n2)cc1. The standard InChI is InChI=1S/C58H36N2S/c1-2-15-38(16-3-1)58-59-53(36-54(60-58)44-22-12-20-41(34-44)48-27-13-28-51-49-26-8-9-29-55(49)61-57(48)51)43-21-10-18-39(32-43)40-19-11-23-45(33-40)56-47-25-7-5-17-42(47)35-52-46-24-6-4-14-37(46)30-31-50(52)56/h1-36H. The Balaban J connectivity index is 0.976. The summed E-state index contributed by atoms with van der Waals surface area (Å²) in [6.07, 6.45) is 0. The fourth-order valence-corrected chi connectivity index (χ4v) is 10.4. The summed E-state index contributed by atoms with van der Waals surface area (Å²) in [5, 5.41) is 10.2. The highest BCUT2D eigenvalue weighted by Gasteiger charge is 2.16. The summed E-state index contributed by atoms with van der Waals surface area (Å²) in [5.74, 6) is 0.702. The fraction of sp³-hybridized carbons (Fsp3) is 0. The van der Waals surface area contributed by atoms with E-state index in [2.05, 4.69) is 200 Å². The molecule has 0 saturated heterocycles. The van der Waals surface area contributed by atoms with Crippen LogP contribution in [-0.2, 0) is 0 Å². The molecule has 61 heavy (non-hydrogen) atoms. The zero-order valence-corrected chi connectivity index (χ0v) is 33.9. The van der Waals surface area contributed by atoms with Gasteiger partial charge in [0.25, 0.3) is 0 Å². The lowest BCUT2D eigenvalue weighted by Crippen LogP contribution is -1.96. The summed E-state index contributed by atoms with van der Waals surface area (Å²) < 4.78 is 2.61. The monoisotopic (exact) mass is 792 g/mol. The molecule has 3 heteroatoms. The maximum absolute atomic E-state index is 5.23. The molecule has 0 spiro atoms. The molecule has 0 aliphatic carbocycles. The van der Waals surface area contributed by atoms with Crippen LogP contribution < -0.4 is 0 Å². The molecular formula is C58H36N2S. The predicted octanol–water partition coefficient (Wildman–Crippen LogP) is 16.3. The average molecular weight is 793 g/mol. The molecule has 0 aliphatic heterocycles. The quantitative estimate of drug-likeness (QED) is 0.124. The normalized spacial score (nSPS) is 11.6. The Labute approximate surface area is 357 Å². The van der Waals surface area contributed by atoms with Crippen LogP contribution in [-0.4, -0.2) is 9.97 Å². The van der Waals surface area contributed by atoms with Crippen molar-refractivity contribution >= 4 is 63.8 Å². The zero-order valence-electron chi connectivity index (χ0n) is 33.1. The second-order valence-corrected chi connectivity index (χ2v) is 16.8. The number of aromatic nitrogens is 2. The Morgan fingerprint density at radius 1 is 0.295 bits per heavy atom. The fourth-order valence-electron chi connectivity index (χ4n) is 9.12. The molecular weight excluding hydrogens is 757 g/mol. The van der Waals surface area contributed by atoms with Crippen LogP contribution in [0.15, 0.2) is 218 Å². The van der Waals surface area contributed by atoms with E-state index in [9.17, 15) is 0 Å². The highest BCUT2D eigenvalue weighted by molar-refractivity contribution is 7.26. The molecule has 0 radical (unpaired) electrons. The highest BCUT2D eigenvalue weighted by atomic mass is 32.1. The van der Waals surface area contributed by atoms with E-state index in [0.29, 0.717) is 5.82 Å². The Hall–Kier alpha value is -7.72. The summed E-state index contributed by atoms with van der Waals surface area (Å²) in [6, 6.07) is 78.7. The van der Waals surface area contributed by atoms with E-state index < -0.39 is 0 Å². The molecule has 2 nitrogen and oxygen atoms in total. The smallest absolute Gasteiger partial charge is 0.160 e. The maximum atomic E-state index is 5.23. The van der Waals surface area contributed by atoms with Crippen molar-refractivity contribution < 1.29 is 0 Å². The average Bonchev–Trinajstić information content (AvgIpc) is 3.72. The van der Waals surface area contributed by atoms with Crippen molar-refractivity contribution in [2.24, 2.45) is 0 Å². The molecule has 0 atom stereocenters. The van der Waals surface area contributed by atoms with Crippen LogP contribution in [0, 0.1) is 0 Å². The largest absolute Gasteiger partial charge is 0.228 e. The van der Waals surface area contributed by atoms with E-state index >= 15 is 0 Å². The molecule has 0 bridgehead atoms. The number of hydrogen-bond donors (Lipinski definition) is 0. The van der Waals surface area contributed by atoms with E-state index in [0.717, 1.165) is 39.2 Å². The topological polar surface area (TPSA) is 25.8 Å². The molecule has 2 heterocycles. The number of hydrogen-bond acceptors (Lipinski definition) is 3. The molecule has 12 rings (SSSR count). The number of nitrogens with zero attached hydrogens (tertiary/aromatic N) is 2. The van der Waals surface area contributed by atoms with E-state index in [-0.39, 0.29) is 0 Å². The van der Waals surface area contributed by atoms with Crippen molar-refractivity contribution in [2.45, 2.75) is 0 Å². The van der Waals surface area contributed by atoms with Gasteiger partial charge in [0.15, 0.2) is 5.82 Å². The van der Waals surface area contributed by atoms with Crippen LogP contribution in [0.4, 0.5) is 0 Å². The first kappa shape index (κ1) is 35.2. The van der Waals surface area contributed by atoms with Gasteiger partial charge in [-0.3, -0.25) is 0 Å². The Kier molecular flexibility index (Phi) is 8.39. The first-order valence-corrected chi connectivity index (χ1v) is 21.5. The summed E-state index contributed by atoms with van der Waals surface area (Å²) in [6.45, 7) is 0. The van der Waals surface area contributed by atoms with Gasteiger partial charge in [-0.1, -0.05) is 182 Å². The Bertz CT molecular complexity index is 3660. The van der Waals surface area contributed by atoms with Crippen LogP contribution in [0.25, 0.3) is 120 Å². The molecule has 0 fully saturated rings. The van der Waals surface area contributed by atoms with Gasteiger partial charge in [-0.25, -0.2) is 9.97 Å². The first-order chi connectivity index (χ1) is 30.2. The summed E-state index contributed by atoms with van der Waals surface area (Å²) >= 11 is 1.86. The van der Waals surface area contributed by atoms with Crippen molar-refractivity contribution in [2.75, 3.05) is 0 Å². The third-order valence-electron chi connectivity index (χ3n) is 12.0. The highest BCUT2D eigenvalue weighted by Crippen LogP contribution is 2.43. The summed E-state index contributed by atoms with van der Waals surface area (Å²) in [4.78, 5) is 10.4. The minimum Gasteiger partial charge on any atom is -0.228 e. The molecule has 12 aromatic rings. The van der Waals surface area contributed by atoms with E-state index in [1.165, 1.54) is 74.7 Å². The molecule has 0 aliphatic rings. The molecule has 10 aromatic carbocycles. The van der Waals surface area contributed by atoms with Gasteiger partial charge in [-0.05, 0) is 102 Å². The van der Waals surface area contributed by atoms with Crippen molar-refractivity contribution in [3.63, 3.8) is 0 Å². The lowest BCUT2D eigenvalue weighted by atomic mass is 9.88. The molecule has 2 aromatic heterocycles. The Morgan fingerprint density at radius 2 is 0.852 bits per heavy atom. The van der Waals surface area contributed by atoms with Gasteiger partial charge in [0.1, 0.15) is 0 Å². The maximum Gasteiger partial charge on any atom is 0.160 e. The van der Waals surface area contributed by atoms with Crippen LogP contribution in [0.2, 0.25) is 0 Å². The van der Waals surface area contributed by atoms with Gasteiger partial charge in [0, 0.05) is 36.9 Å². The van der Waals surface area contributed by atoms with Gasteiger partial charge in [0.05, 0.1) is 11.4 Å². The van der Waals surface area contributed by atoms with Gasteiger partial charge in [0.2, 0.25) is 0 Å². The number of thiophene rings is 1. The molecule has 0 N–H and O–H groups in total.